The van der Waals surface area contributed by atoms with Crippen molar-refractivity contribution < 1.29 is 4.42 Å². The number of benzene rings is 1. The van der Waals surface area contributed by atoms with E-state index in [2.05, 4.69) is 20.2 Å². The molecule has 1 aliphatic rings. The van der Waals surface area contributed by atoms with Crippen molar-refractivity contribution in [3.8, 4) is 11.3 Å². The normalized spacial score (nSPS) is 18.1. The standard InChI is InChI=1S/C24H18Cl2N4OS/c25-17-7-6-16(12-18(17)26)20-8-9-21(31-20)23-22(19-5-1-2-11-28-19)29-24(32)30(23)14-15-4-3-10-27-13-15/h1-13,22-23H,14H2,(H,29,32). The van der Waals surface area contributed by atoms with Gasteiger partial charge in [0.1, 0.15) is 17.6 Å². The van der Waals surface area contributed by atoms with Crippen LogP contribution in [0.5, 0.6) is 0 Å². The van der Waals surface area contributed by atoms with Gasteiger partial charge in [0.05, 0.1) is 21.8 Å². The van der Waals surface area contributed by atoms with Crippen molar-refractivity contribution in [3.05, 3.63) is 106 Å². The second-order valence-electron chi connectivity index (χ2n) is 7.45. The predicted octanol–water partition coefficient (Wildman–Crippen LogP) is 6.22. The number of furan rings is 1. The zero-order valence-corrected chi connectivity index (χ0v) is 19.1. The lowest BCUT2D eigenvalue weighted by Crippen LogP contribution is -2.29. The van der Waals surface area contributed by atoms with Crippen molar-refractivity contribution in [2.45, 2.75) is 18.6 Å². The molecule has 4 heterocycles. The van der Waals surface area contributed by atoms with Gasteiger partial charge in [0, 0.05) is 30.7 Å². The van der Waals surface area contributed by atoms with Gasteiger partial charge in [0.25, 0.3) is 0 Å². The molecule has 2 atom stereocenters. The number of hydrogen-bond donors (Lipinski definition) is 1. The summed E-state index contributed by atoms with van der Waals surface area (Å²) in [5.74, 6) is 1.48. The second kappa shape index (κ2) is 8.90. The maximum Gasteiger partial charge on any atom is 0.170 e. The van der Waals surface area contributed by atoms with Crippen molar-refractivity contribution in [1.29, 1.82) is 0 Å². The van der Waals surface area contributed by atoms with E-state index in [9.17, 15) is 0 Å². The SMILES string of the molecule is S=C1NC(c2ccccn2)C(c2ccc(-c3ccc(Cl)c(Cl)c3)o2)N1Cc1cccnc1. The summed E-state index contributed by atoms with van der Waals surface area (Å²) in [5, 5.41) is 5.06. The highest BCUT2D eigenvalue weighted by Gasteiger charge is 2.41. The highest BCUT2D eigenvalue weighted by molar-refractivity contribution is 7.80. The molecule has 0 bridgehead atoms. The first-order valence-electron chi connectivity index (χ1n) is 10.0. The van der Waals surface area contributed by atoms with Crippen LogP contribution in [0.4, 0.5) is 0 Å². The van der Waals surface area contributed by atoms with Gasteiger partial charge in [-0.3, -0.25) is 9.97 Å². The molecule has 1 fully saturated rings. The van der Waals surface area contributed by atoms with Gasteiger partial charge in [0.2, 0.25) is 0 Å². The first-order valence-corrected chi connectivity index (χ1v) is 11.2. The van der Waals surface area contributed by atoms with Crippen LogP contribution in [0.3, 0.4) is 0 Å². The summed E-state index contributed by atoms with van der Waals surface area (Å²) in [6.45, 7) is 0.594. The quantitative estimate of drug-likeness (QED) is 0.342. The number of nitrogens with one attached hydrogen (secondary N) is 1. The summed E-state index contributed by atoms with van der Waals surface area (Å²) >= 11 is 18.0. The number of halogens is 2. The molecule has 160 valence electrons. The van der Waals surface area contributed by atoms with Crippen LogP contribution in [0.1, 0.15) is 29.1 Å². The average molecular weight is 481 g/mol. The van der Waals surface area contributed by atoms with Crippen molar-refractivity contribution >= 4 is 40.5 Å². The summed E-state index contributed by atoms with van der Waals surface area (Å²) in [4.78, 5) is 10.9. The molecule has 32 heavy (non-hydrogen) atoms. The molecule has 1 N–H and O–H groups in total. The number of pyridine rings is 2. The minimum absolute atomic E-state index is 0.159. The first kappa shape index (κ1) is 20.9. The van der Waals surface area contributed by atoms with E-state index in [-0.39, 0.29) is 12.1 Å². The first-order chi connectivity index (χ1) is 15.6. The summed E-state index contributed by atoms with van der Waals surface area (Å²) < 4.78 is 6.33. The second-order valence-corrected chi connectivity index (χ2v) is 8.65. The minimum atomic E-state index is -0.186. The molecule has 2 unspecified atom stereocenters. The molecule has 8 heteroatoms. The largest absolute Gasteiger partial charge is 0.459 e. The lowest BCUT2D eigenvalue weighted by atomic mass is 10.0. The van der Waals surface area contributed by atoms with Crippen LogP contribution in [-0.4, -0.2) is 20.0 Å². The summed E-state index contributed by atoms with van der Waals surface area (Å²) in [7, 11) is 0. The van der Waals surface area contributed by atoms with Crippen molar-refractivity contribution in [1.82, 2.24) is 20.2 Å². The van der Waals surface area contributed by atoms with Crippen LogP contribution in [0.25, 0.3) is 11.3 Å². The molecule has 4 aromatic rings. The van der Waals surface area contributed by atoms with Crippen molar-refractivity contribution in [3.63, 3.8) is 0 Å². The Morgan fingerprint density at radius 3 is 2.66 bits per heavy atom. The molecule has 1 aliphatic heterocycles. The molecule has 3 aromatic heterocycles. The average Bonchev–Trinajstić information content (AvgIpc) is 3.42. The van der Waals surface area contributed by atoms with Crippen molar-refractivity contribution in [2.24, 2.45) is 0 Å². The number of nitrogens with zero attached hydrogens (tertiary/aromatic N) is 3. The summed E-state index contributed by atoms with van der Waals surface area (Å²) in [6, 6.07) is 18.8. The molecule has 5 rings (SSSR count). The number of aromatic nitrogens is 2. The minimum Gasteiger partial charge on any atom is -0.459 e. The zero-order valence-electron chi connectivity index (χ0n) is 16.8. The Hall–Kier alpha value is -2.93. The molecule has 0 spiro atoms. The maximum atomic E-state index is 6.33. The van der Waals surface area contributed by atoms with Crippen LogP contribution in [0, 0.1) is 0 Å². The summed E-state index contributed by atoms with van der Waals surface area (Å²) in [6.07, 6.45) is 5.38. The van der Waals surface area contributed by atoms with Crippen LogP contribution in [-0.2, 0) is 6.54 Å². The van der Waals surface area contributed by atoms with Crippen molar-refractivity contribution in [2.75, 3.05) is 0 Å². The predicted molar refractivity (Wildman–Crippen MR) is 129 cm³/mol. The van der Waals surface area contributed by atoms with E-state index < -0.39 is 0 Å². The van der Waals surface area contributed by atoms with Gasteiger partial charge in [-0.1, -0.05) is 35.3 Å². The van der Waals surface area contributed by atoms with E-state index in [1.807, 2.05) is 54.7 Å². The fraction of sp³-hybridized carbons (Fsp3) is 0.125. The highest BCUT2D eigenvalue weighted by Crippen LogP contribution is 2.41. The zero-order chi connectivity index (χ0) is 22.1. The molecular weight excluding hydrogens is 463 g/mol. The van der Waals surface area contributed by atoms with E-state index in [4.69, 9.17) is 39.8 Å². The Bertz CT molecular complexity index is 1250. The van der Waals surface area contributed by atoms with E-state index in [1.54, 1.807) is 24.5 Å². The number of hydrogen-bond acceptors (Lipinski definition) is 4. The van der Waals surface area contributed by atoms with Gasteiger partial charge in [0.15, 0.2) is 5.11 Å². The smallest absolute Gasteiger partial charge is 0.170 e. The Labute approximate surface area is 201 Å². The lowest BCUT2D eigenvalue weighted by molar-refractivity contribution is 0.269. The van der Waals surface area contributed by atoms with Gasteiger partial charge < -0.3 is 14.6 Å². The van der Waals surface area contributed by atoms with E-state index >= 15 is 0 Å². The monoisotopic (exact) mass is 480 g/mol. The third kappa shape index (κ3) is 4.09. The Morgan fingerprint density at radius 2 is 1.91 bits per heavy atom. The van der Waals surface area contributed by atoms with E-state index in [0.717, 1.165) is 22.6 Å². The van der Waals surface area contributed by atoms with Gasteiger partial charge in [-0.25, -0.2) is 0 Å². The maximum absolute atomic E-state index is 6.33. The molecule has 1 aromatic carbocycles. The fourth-order valence-corrected chi connectivity index (χ4v) is 4.49. The van der Waals surface area contributed by atoms with Gasteiger partial charge in [-0.05, 0) is 66.3 Å². The summed E-state index contributed by atoms with van der Waals surface area (Å²) in [5.41, 5.74) is 2.80. The number of thiocarbonyl (C=S) groups is 1. The fourth-order valence-electron chi connectivity index (χ4n) is 3.89. The van der Waals surface area contributed by atoms with Crippen LogP contribution >= 0.6 is 35.4 Å². The van der Waals surface area contributed by atoms with Crippen LogP contribution < -0.4 is 5.32 Å². The van der Waals surface area contributed by atoms with Crippen LogP contribution in [0.15, 0.2) is 83.7 Å². The number of rotatable bonds is 5. The third-order valence-corrected chi connectivity index (χ3v) is 6.49. The van der Waals surface area contributed by atoms with E-state index in [1.165, 1.54) is 0 Å². The topological polar surface area (TPSA) is 54.2 Å². The molecule has 5 nitrogen and oxygen atoms in total. The Morgan fingerprint density at radius 1 is 1.00 bits per heavy atom. The van der Waals surface area contributed by atoms with Gasteiger partial charge in [-0.2, -0.15) is 0 Å². The third-order valence-electron chi connectivity index (χ3n) is 5.40. The van der Waals surface area contributed by atoms with Crippen LogP contribution in [0.2, 0.25) is 10.0 Å². The Kier molecular flexibility index (Phi) is 5.83. The molecule has 0 aliphatic carbocycles. The molecule has 0 amide bonds. The van der Waals surface area contributed by atoms with Gasteiger partial charge >= 0.3 is 0 Å². The Balaban J connectivity index is 1.54. The molecule has 0 saturated carbocycles. The molecule has 0 radical (unpaired) electrons. The molecular formula is C24H18Cl2N4OS. The lowest BCUT2D eigenvalue weighted by Gasteiger charge is -2.26. The van der Waals surface area contributed by atoms with Gasteiger partial charge in [-0.15, -0.1) is 0 Å². The van der Waals surface area contributed by atoms with E-state index in [0.29, 0.717) is 27.5 Å². The highest BCUT2D eigenvalue weighted by atomic mass is 35.5. The molecule has 1 saturated heterocycles.